The van der Waals surface area contributed by atoms with E-state index in [1.807, 2.05) is 0 Å². The number of aliphatic hydroxyl groups is 1. The summed E-state index contributed by atoms with van der Waals surface area (Å²) >= 11 is 0. The Morgan fingerprint density at radius 3 is 2.76 bits per heavy atom. The molecule has 0 saturated heterocycles. The molecule has 5 nitrogen and oxygen atoms in total. The van der Waals surface area contributed by atoms with Crippen molar-refractivity contribution in [2.75, 3.05) is 6.54 Å². The quantitative estimate of drug-likeness (QED) is 0.790. The average molecular weight is 294 g/mol. The molecular formula is C14H12F2N2O3. The van der Waals surface area contributed by atoms with Gasteiger partial charge >= 0.3 is 0 Å². The van der Waals surface area contributed by atoms with Gasteiger partial charge in [-0.3, -0.25) is 9.59 Å². The molecular weight excluding hydrogens is 282 g/mol. The molecule has 1 aromatic carbocycles. The zero-order chi connectivity index (χ0) is 15.4. The number of carbonyl (C=O) groups is 1. The highest BCUT2D eigenvalue weighted by Gasteiger charge is 2.16. The Kier molecular flexibility index (Phi) is 4.44. The van der Waals surface area contributed by atoms with Crippen molar-refractivity contribution in [2.45, 2.75) is 6.10 Å². The topological polar surface area (TPSA) is 82.2 Å². The smallest absolute Gasteiger partial charge is 0.260 e. The van der Waals surface area contributed by atoms with Gasteiger partial charge in [0.25, 0.3) is 11.5 Å². The predicted molar refractivity (Wildman–Crippen MR) is 70.7 cm³/mol. The van der Waals surface area contributed by atoms with E-state index in [1.54, 1.807) is 0 Å². The number of amides is 1. The van der Waals surface area contributed by atoms with Crippen molar-refractivity contribution in [1.82, 2.24) is 10.3 Å². The van der Waals surface area contributed by atoms with Crippen LogP contribution in [0.15, 0.2) is 41.3 Å². The zero-order valence-electron chi connectivity index (χ0n) is 10.8. The Morgan fingerprint density at radius 1 is 1.33 bits per heavy atom. The molecule has 1 atom stereocenters. The van der Waals surface area contributed by atoms with Crippen LogP contribution in [-0.4, -0.2) is 22.5 Å². The molecule has 0 spiro atoms. The van der Waals surface area contributed by atoms with Gasteiger partial charge in [-0.1, -0.05) is 6.07 Å². The molecule has 3 N–H and O–H groups in total. The summed E-state index contributed by atoms with van der Waals surface area (Å²) < 4.78 is 26.2. The van der Waals surface area contributed by atoms with E-state index in [1.165, 1.54) is 18.3 Å². The molecule has 7 heteroatoms. The first kappa shape index (κ1) is 14.9. The van der Waals surface area contributed by atoms with Crippen LogP contribution in [0, 0.1) is 11.6 Å². The van der Waals surface area contributed by atoms with E-state index in [0.29, 0.717) is 6.07 Å². The molecule has 21 heavy (non-hydrogen) atoms. The van der Waals surface area contributed by atoms with Gasteiger partial charge in [0.05, 0.1) is 6.10 Å². The Bertz CT molecular complexity index is 715. The van der Waals surface area contributed by atoms with Gasteiger partial charge in [0, 0.05) is 24.4 Å². The average Bonchev–Trinajstić information content (AvgIpc) is 2.45. The summed E-state index contributed by atoms with van der Waals surface area (Å²) in [7, 11) is 0. The summed E-state index contributed by atoms with van der Waals surface area (Å²) in [6, 6.07) is 5.54. The van der Waals surface area contributed by atoms with E-state index in [0.717, 1.165) is 12.1 Å². The van der Waals surface area contributed by atoms with Gasteiger partial charge in [-0.05, 0) is 18.2 Å². The minimum Gasteiger partial charge on any atom is -0.386 e. The lowest BCUT2D eigenvalue weighted by molar-refractivity contribution is 0.0912. The summed E-state index contributed by atoms with van der Waals surface area (Å²) in [6.45, 7) is -0.310. The molecule has 1 aromatic heterocycles. The molecule has 0 radical (unpaired) electrons. The number of halogens is 2. The molecule has 1 amide bonds. The number of hydrogen-bond acceptors (Lipinski definition) is 3. The van der Waals surface area contributed by atoms with Crippen molar-refractivity contribution in [3.8, 4) is 0 Å². The number of aliphatic hydroxyl groups excluding tert-OH is 1. The van der Waals surface area contributed by atoms with E-state index < -0.39 is 29.2 Å². The molecule has 0 saturated carbocycles. The number of H-pyrrole nitrogens is 1. The van der Waals surface area contributed by atoms with Crippen LogP contribution < -0.4 is 10.9 Å². The van der Waals surface area contributed by atoms with E-state index in [2.05, 4.69) is 10.3 Å². The normalized spacial score (nSPS) is 12.0. The molecule has 0 fully saturated rings. The van der Waals surface area contributed by atoms with Crippen LogP contribution in [0.4, 0.5) is 8.78 Å². The van der Waals surface area contributed by atoms with E-state index in [4.69, 9.17) is 0 Å². The van der Waals surface area contributed by atoms with E-state index >= 15 is 0 Å². The summed E-state index contributed by atoms with van der Waals surface area (Å²) in [5.41, 5.74) is -0.833. The van der Waals surface area contributed by atoms with Crippen LogP contribution in [0.1, 0.15) is 22.0 Å². The summed E-state index contributed by atoms with van der Waals surface area (Å²) in [5, 5.41) is 12.1. The molecule has 0 aliphatic carbocycles. The Balaban J connectivity index is 2.04. The van der Waals surface area contributed by atoms with Gasteiger partial charge < -0.3 is 15.4 Å². The monoisotopic (exact) mass is 294 g/mol. The lowest BCUT2D eigenvalue weighted by Crippen LogP contribution is -2.32. The van der Waals surface area contributed by atoms with Crippen LogP contribution in [-0.2, 0) is 0 Å². The van der Waals surface area contributed by atoms with Gasteiger partial charge in [-0.2, -0.15) is 0 Å². The highest BCUT2D eigenvalue weighted by atomic mass is 19.1. The number of rotatable bonds is 4. The Morgan fingerprint density at radius 2 is 2.10 bits per heavy atom. The van der Waals surface area contributed by atoms with Crippen molar-refractivity contribution in [1.29, 1.82) is 0 Å². The minimum absolute atomic E-state index is 0.121. The molecule has 110 valence electrons. The maximum absolute atomic E-state index is 13.4. The van der Waals surface area contributed by atoms with Gasteiger partial charge in [0.1, 0.15) is 17.2 Å². The molecule has 0 aliphatic heterocycles. The standard InChI is InChI=1S/C14H12F2N2O3/c15-8-3-4-9(11(16)6-8)12(19)7-18-14(21)10-2-1-5-17-13(10)20/h1-6,12,19H,7H2,(H,17,20)(H,18,21)/t12-/m0/s1. The van der Waals surface area contributed by atoms with Gasteiger partial charge in [-0.15, -0.1) is 0 Å². The van der Waals surface area contributed by atoms with Gasteiger partial charge in [-0.25, -0.2) is 8.78 Å². The molecule has 2 aromatic rings. The molecule has 1 heterocycles. The second kappa shape index (κ2) is 6.27. The first-order valence-corrected chi connectivity index (χ1v) is 6.08. The highest BCUT2D eigenvalue weighted by Crippen LogP contribution is 2.17. The first-order valence-electron chi connectivity index (χ1n) is 6.08. The van der Waals surface area contributed by atoms with Crippen LogP contribution in [0.2, 0.25) is 0 Å². The van der Waals surface area contributed by atoms with Crippen LogP contribution in [0.25, 0.3) is 0 Å². The van der Waals surface area contributed by atoms with Gasteiger partial charge in [0.15, 0.2) is 0 Å². The number of hydrogen-bond donors (Lipinski definition) is 3. The first-order chi connectivity index (χ1) is 9.99. The number of pyridine rings is 1. The van der Waals surface area contributed by atoms with E-state index in [-0.39, 0.29) is 17.7 Å². The van der Waals surface area contributed by atoms with Crippen molar-refractivity contribution in [3.63, 3.8) is 0 Å². The maximum Gasteiger partial charge on any atom is 0.260 e. The maximum atomic E-state index is 13.4. The SMILES string of the molecule is O=C(NC[C@H](O)c1ccc(F)cc1F)c1ccc[nH]c1=O. The number of nitrogens with one attached hydrogen (secondary N) is 2. The second-order valence-electron chi connectivity index (χ2n) is 4.30. The fourth-order valence-electron chi connectivity index (χ4n) is 1.77. The predicted octanol–water partition coefficient (Wildman–Crippen LogP) is 1.12. The minimum atomic E-state index is -1.35. The fourth-order valence-corrected chi connectivity index (χ4v) is 1.77. The highest BCUT2D eigenvalue weighted by molar-refractivity contribution is 5.93. The molecule has 0 bridgehead atoms. The molecule has 0 aliphatic rings. The number of carbonyl (C=O) groups excluding carboxylic acids is 1. The van der Waals surface area contributed by atoms with Crippen molar-refractivity contribution in [3.05, 3.63) is 69.6 Å². The van der Waals surface area contributed by atoms with Crippen LogP contribution in [0.3, 0.4) is 0 Å². The van der Waals surface area contributed by atoms with Gasteiger partial charge in [0.2, 0.25) is 0 Å². The van der Waals surface area contributed by atoms with Crippen molar-refractivity contribution >= 4 is 5.91 Å². The van der Waals surface area contributed by atoms with E-state index in [9.17, 15) is 23.5 Å². The second-order valence-corrected chi connectivity index (χ2v) is 4.30. The third-order valence-corrected chi connectivity index (χ3v) is 2.84. The fraction of sp³-hybridized carbons (Fsp3) is 0.143. The number of aromatic amines is 1. The number of aromatic nitrogens is 1. The van der Waals surface area contributed by atoms with Crippen LogP contribution >= 0.6 is 0 Å². The summed E-state index contributed by atoms with van der Waals surface area (Å²) in [4.78, 5) is 25.5. The van der Waals surface area contributed by atoms with Crippen molar-refractivity contribution in [2.24, 2.45) is 0 Å². The lowest BCUT2D eigenvalue weighted by atomic mass is 10.1. The zero-order valence-corrected chi connectivity index (χ0v) is 10.8. The molecule has 2 rings (SSSR count). The van der Waals surface area contributed by atoms with Crippen LogP contribution in [0.5, 0.6) is 0 Å². The Labute approximate surface area is 118 Å². The lowest BCUT2D eigenvalue weighted by Gasteiger charge is -2.13. The molecule has 0 unspecified atom stereocenters. The van der Waals surface area contributed by atoms with Crippen molar-refractivity contribution < 1.29 is 18.7 Å². The number of benzene rings is 1. The third-order valence-electron chi connectivity index (χ3n) is 2.84. The third kappa shape index (κ3) is 3.51. The largest absolute Gasteiger partial charge is 0.386 e. The summed E-state index contributed by atoms with van der Waals surface area (Å²) in [5.74, 6) is -2.36. The summed E-state index contributed by atoms with van der Waals surface area (Å²) in [6.07, 6.45) is 0.0272. The Hall–Kier alpha value is -2.54.